The third kappa shape index (κ3) is 5.26. The van der Waals surface area contributed by atoms with Gasteiger partial charge < -0.3 is 9.47 Å². The SMILES string of the molecule is COc1ccc(CO[C@@H](C)[C@@H](C)/C=C(\C)C=O)cc1. The predicted octanol–water partition coefficient (Wildman–Crippen LogP) is 3.38. The van der Waals surface area contributed by atoms with Crippen molar-refractivity contribution in [3.63, 3.8) is 0 Å². The summed E-state index contributed by atoms with van der Waals surface area (Å²) >= 11 is 0. The normalized spacial score (nSPS) is 14.8. The first-order chi connectivity index (χ1) is 9.06. The molecule has 104 valence electrons. The molecule has 2 atom stereocenters. The van der Waals surface area contributed by atoms with E-state index in [-0.39, 0.29) is 12.0 Å². The van der Waals surface area contributed by atoms with Crippen LogP contribution in [0.1, 0.15) is 26.3 Å². The minimum absolute atomic E-state index is 0.0667. The Morgan fingerprint density at radius 1 is 1.26 bits per heavy atom. The maximum Gasteiger partial charge on any atom is 0.145 e. The van der Waals surface area contributed by atoms with Crippen molar-refractivity contribution in [1.29, 1.82) is 0 Å². The van der Waals surface area contributed by atoms with Crippen LogP contribution in [0.3, 0.4) is 0 Å². The number of ether oxygens (including phenoxy) is 2. The molecule has 1 aromatic carbocycles. The van der Waals surface area contributed by atoms with Gasteiger partial charge in [0.15, 0.2) is 0 Å². The molecule has 1 aromatic rings. The van der Waals surface area contributed by atoms with Crippen molar-refractivity contribution in [1.82, 2.24) is 0 Å². The molecule has 0 aliphatic carbocycles. The number of methoxy groups -OCH3 is 1. The lowest BCUT2D eigenvalue weighted by atomic mass is 10.0. The minimum atomic E-state index is 0.0667. The first-order valence-corrected chi connectivity index (χ1v) is 6.45. The summed E-state index contributed by atoms with van der Waals surface area (Å²) in [4.78, 5) is 10.6. The molecular formula is C16H22O3. The second kappa shape index (κ2) is 7.74. The van der Waals surface area contributed by atoms with Gasteiger partial charge in [0.2, 0.25) is 0 Å². The Balaban J connectivity index is 2.48. The zero-order valence-electron chi connectivity index (χ0n) is 12.1. The highest BCUT2D eigenvalue weighted by Gasteiger charge is 2.10. The van der Waals surface area contributed by atoms with E-state index in [4.69, 9.17) is 9.47 Å². The molecular weight excluding hydrogens is 240 g/mol. The lowest BCUT2D eigenvalue weighted by Crippen LogP contribution is -2.16. The number of carbonyl (C=O) groups is 1. The summed E-state index contributed by atoms with van der Waals surface area (Å²) in [5, 5.41) is 0. The Labute approximate surface area is 115 Å². The van der Waals surface area contributed by atoms with Crippen LogP contribution in [-0.4, -0.2) is 19.5 Å². The second-order valence-electron chi connectivity index (χ2n) is 4.75. The Morgan fingerprint density at radius 2 is 1.89 bits per heavy atom. The van der Waals surface area contributed by atoms with Crippen LogP contribution >= 0.6 is 0 Å². The Hall–Kier alpha value is -1.61. The molecule has 3 heteroatoms. The molecule has 0 amide bonds. The van der Waals surface area contributed by atoms with Gasteiger partial charge in [0.05, 0.1) is 19.8 Å². The largest absolute Gasteiger partial charge is 0.497 e. The smallest absolute Gasteiger partial charge is 0.145 e. The van der Waals surface area contributed by atoms with Crippen molar-refractivity contribution >= 4 is 6.29 Å². The van der Waals surface area contributed by atoms with Gasteiger partial charge >= 0.3 is 0 Å². The van der Waals surface area contributed by atoms with Gasteiger partial charge in [-0.3, -0.25) is 4.79 Å². The van der Waals surface area contributed by atoms with E-state index in [9.17, 15) is 4.79 Å². The molecule has 0 aliphatic rings. The maximum absolute atomic E-state index is 10.6. The van der Waals surface area contributed by atoms with Crippen molar-refractivity contribution in [2.45, 2.75) is 33.5 Å². The number of aldehydes is 1. The van der Waals surface area contributed by atoms with Gasteiger partial charge in [0.1, 0.15) is 12.0 Å². The molecule has 0 aromatic heterocycles. The molecule has 0 saturated heterocycles. The van der Waals surface area contributed by atoms with Gasteiger partial charge in [0.25, 0.3) is 0 Å². The number of hydrogen-bond acceptors (Lipinski definition) is 3. The summed E-state index contributed by atoms with van der Waals surface area (Å²) in [7, 11) is 1.65. The average molecular weight is 262 g/mol. The molecule has 1 rings (SSSR count). The van der Waals surface area contributed by atoms with Crippen molar-refractivity contribution in [3.8, 4) is 5.75 Å². The quantitative estimate of drug-likeness (QED) is 0.558. The lowest BCUT2D eigenvalue weighted by molar-refractivity contribution is -0.104. The Bertz CT molecular complexity index is 420. The van der Waals surface area contributed by atoms with Crippen molar-refractivity contribution in [2.24, 2.45) is 5.92 Å². The van der Waals surface area contributed by atoms with Crippen molar-refractivity contribution in [2.75, 3.05) is 7.11 Å². The molecule has 0 saturated carbocycles. The van der Waals surface area contributed by atoms with Gasteiger partial charge in [-0.25, -0.2) is 0 Å². The fourth-order valence-electron chi connectivity index (χ4n) is 1.69. The Kier molecular flexibility index (Phi) is 6.30. The zero-order chi connectivity index (χ0) is 14.3. The molecule has 19 heavy (non-hydrogen) atoms. The predicted molar refractivity (Wildman–Crippen MR) is 76.2 cm³/mol. The van der Waals surface area contributed by atoms with E-state index in [2.05, 4.69) is 0 Å². The van der Waals surface area contributed by atoms with Gasteiger partial charge in [-0.2, -0.15) is 0 Å². The first kappa shape index (κ1) is 15.4. The molecule has 0 fully saturated rings. The van der Waals surface area contributed by atoms with E-state index in [1.165, 1.54) is 0 Å². The summed E-state index contributed by atoms with van der Waals surface area (Å²) in [6, 6.07) is 7.82. The standard InChI is InChI=1S/C16H22O3/c1-12(10-17)9-13(2)14(3)19-11-15-5-7-16(18-4)8-6-15/h5-10,13-14H,11H2,1-4H3/b12-9+/t13-,14-/m0/s1. The van der Waals surface area contributed by atoms with Crippen molar-refractivity contribution in [3.05, 3.63) is 41.5 Å². The lowest BCUT2D eigenvalue weighted by Gasteiger charge is -2.18. The van der Waals surface area contributed by atoms with E-state index in [1.54, 1.807) is 14.0 Å². The molecule has 0 heterocycles. The van der Waals surface area contributed by atoms with E-state index >= 15 is 0 Å². The highest BCUT2D eigenvalue weighted by molar-refractivity contribution is 5.72. The highest BCUT2D eigenvalue weighted by atomic mass is 16.5. The van der Waals surface area contributed by atoms with Gasteiger partial charge in [-0.15, -0.1) is 0 Å². The average Bonchev–Trinajstić information content (AvgIpc) is 2.44. The van der Waals surface area contributed by atoms with Crippen LogP contribution in [0.4, 0.5) is 0 Å². The zero-order valence-corrected chi connectivity index (χ0v) is 12.1. The van der Waals surface area contributed by atoms with E-state index in [0.29, 0.717) is 6.61 Å². The number of rotatable bonds is 7. The molecule has 0 N–H and O–H groups in total. The Morgan fingerprint density at radius 3 is 2.42 bits per heavy atom. The van der Waals surface area contributed by atoms with Crippen LogP contribution in [0.15, 0.2) is 35.9 Å². The topological polar surface area (TPSA) is 35.5 Å². The van der Waals surface area contributed by atoms with E-state index in [1.807, 2.05) is 44.2 Å². The summed E-state index contributed by atoms with van der Waals surface area (Å²) in [5.41, 5.74) is 1.85. The highest BCUT2D eigenvalue weighted by Crippen LogP contribution is 2.15. The summed E-state index contributed by atoms with van der Waals surface area (Å²) in [6.45, 7) is 6.43. The first-order valence-electron chi connectivity index (χ1n) is 6.45. The maximum atomic E-state index is 10.6. The molecule has 0 radical (unpaired) electrons. The van der Waals surface area contributed by atoms with Crippen LogP contribution < -0.4 is 4.74 Å². The number of benzene rings is 1. The monoisotopic (exact) mass is 262 g/mol. The van der Waals surface area contributed by atoms with Crippen LogP contribution in [0.5, 0.6) is 5.75 Å². The molecule has 3 nitrogen and oxygen atoms in total. The third-order valence-electron chi connectivity index (χ3n) is 3.12. The fraction of sp³-hybridized carbons (Fsp3) is 0.438. The van der Waals surface area contributed by atoms with Gasteiger partial charge in [0, 0.05) is 5.92 Å². The second-order valence-corrected chi connectivity index (χ2v) is 4.75. The molecule has 0 spiro atoms. The summed E-state index contributed by atoms with van der Waals surface area (Å²) in [6.07, 6.45) is 2.87. The molecule has 0 aliphatic heterocycles. The van der Waals surface area contributed by atoms with Crippen LogP contribution in [0.2, 0.25) is 0 Å². The fourth-order valence-corrected chi connectivity index (χ4v) is 1.69. The number of hydrogen-bond donors (Lipinski definition) is 0. The van der Waals surface area contributed by atoms with Gasteiger partial charge in [-0.1, -0.05) is 25.1 Å². The van der Waals surface area contributed by atoms with Crippen LogP contribution in [-0.2, 0) is 16.1 Å². The number of allylic oxidation sites excluding steroid dienone is 1. The van der Waals surface area contributed by atoms with Gasteiger partial charge in [-0.05, 0) is 37.1 Å². The van der Waals surface area contributed by atoms with E-state index in [0.717, 1.165) is 23.2 Å². The molecule has 0 bridgehead atoms. The number of carbonyl (C=O) groups excluding carboxylic acids is 1. The summed E-state index contributed by atoms with van der Waals surface area (Å²) < 4.78 is 10.9. The van der Waals surface area contributed by atoms with E-state index < -0.39 is 0 Å². The van der Waals surface area contributed by atoms with Crippen LogP contribution in [0.25, 0.3) is 0 Å². The third-order valence-corrected chi connectivity index (χ3v) is 3.12. The summed E-state index contributed by atoms with van der Waals surface area (Å²) in [5.74, 6) is 1.05. The van der Waals surface area contributed by atoms with Crippen LogP contribution in [0, 0.1) is 5.92 Å². The minimum Gasteiger partial charge on any atom is -0.497 e. The molecule has 0 unspecified atom stereocenters. The van der Waals surface area contributed by atoms with Crippen molar-refractivity contribution < 1.29 is 14.3 Å².